The Labute approximate surface area is 114 Å². The molecule has 1 aromatic rings. The molecule has 0 spiro atoms. The van der Waals surface area contributed by atoms with Gasteiger partial charge in [-0.2, -0.15) is 0 Å². The first-order valence-electron chi connectivity index (χ1n) is 5.67. The smallest absolute Gasteiger partial charge is 0.226 e. The van der Waals surface area contributed by atoms with Gasteiger partial charge in [0.25, 0.3) is 0 Å². The summed E-state index contributed by atoms with van der Waals surface area (Å²) in [4.78, 5) is 13.4. The van der Waals surface area contributed by atoms with Crippen LogP contribution in [0.25, 0.3) is 0 Å². The number of nitrogens with two attached hydrogens (primary N) is 1. The number of nitrogens with zero attached hydrogens (tertiary/aromatic N) is 1. The van der Waals surface area contributed by atoms with Gasteiger partial charge in [0.2, 0.25) is 5.91 Å². The maximum Gasteiger partial charge on any atom is 0.226 e. The topological polar surface area (TPSA) is 46.3 Å². The van der Waals surface area contributed by atoms with E-state index in [0.717, 1.165) is 0 Å². The van der Waals surface area contributed by atoms with E-state index in [-0.39, 0.29) is 42.6 Å². The van der Waals surface area contributed by atoms with Crippen molar-refractivity contribution in [2.45, 2.75) is 26.4 Å². The number of hydrogen-bond donors (Lipinski definition) is 1. The highest BCUT2D eigenvalue weighted by atomic mass is 35.5. The molecule has 0 aliphatic heterocycles. The van der Waals surface area contributed by atoms with Crippen molar-refractivity contribution in [3.8, 4) is 0 Å². The largest absolute Gasteiger partial charge is 0.341 e. The molecule has 0 bridgehead atoms. The van der Waals surface area contributed by atoms with Crippen LogP contribution in [0.5, 0.6) is 0 Å². The van der Waals surface area contributed by atoms with Crippen LogP contribution in [0.4, 0.5) is 4.39 Å². The van der Waals surface area contributed by atoms with E-state index in [2.05, 4.69) is 0 Å². The van der Waals surface area contributed by atoms with Gasteiger partial charge in [0.1, 0.15) is 5.82 Å². The monoisotopic (exact) mass is 274 g/mol. The standard InChI is InChI=1S/C13H19FN2O.ClH/c1-9(10(2)15)13(17)16(3)8-11-6-4-5-7-12(11)14;/h4-7,9-10H,8,15H2,1-3H3;1H. The summed E-state index contributed by atoms with van der Waals surface area (Å²) in [6.45, 7) is 3.84. The van der Waals surface area contributed by atoms with E-state index in [9.17, 15) is 9.18 Å². The van der Waals surface area contributed by atoms with Gasteiger partial charge >= 0.3 is 0 Å². The van der Waals surface area contributed by atoms with Gasteiger partial charge in [0.15, 0.2) is 0 Å². The van der Waals surface area contributed by atoms with E-state index < -0.39 is 0 Å². The fourth-order valence-corrected chi connectivity index (χ4v) is 1.53. The molecule has 2 atom stereocenters. The van der Waals surface area contributed by atoms with Crippen LogP contribution in [0, 0.1) is 11.7 Å². The molecule has 5 heteroatoms. The van der Waals surface area contributed by atoms with Crippen LogP contribution in [0.15, 0.2) is 24.3 Å². The second-order valence-electron chi connectivity index (χ2n) is 4.43. The molecule has 0 aromatic heterocycles. The van der Waals surface area contributed by atoms with Crippen molar-refractivity contribution < 1.29 is 9.18 Å². The fourth-order valence-electron chi connectivity index (χ4n) is 1.53. The third kappa shape index (κ3) is 4.27. The number of amides is 1. The number of carbonyl (C=O) groups excluding carboxylic acids is 1. The molecule has 0 aliphatic carbocycles. The maximum atomic E-state index is 13.4. The lowest BCUT2D eigenvalue weighted by atomic mass is 10.0. The van der Waals surface area contributed by atoms with E-state index in [4.69, 9.17) is 5.73 Å². The van der Waals surface area contributed by atoms with Gasteiger partial charge in [-0.05, 0) is 13.0 Å². The summed E-state index contributed by atoms with van der Waals surface area (Å²) in [6.07, 6.45) is 0. The highest BCUT2D eigenvalue weighted by Crippen LogP contribution is 2.12. The Balaban J connectivity index is 0.00000289. The summed E-state index contributed by atoms with van der Waals surface area (Å²) >= 11 is 0. The molecule has 2 N–H and O–H groups in total. The van der Waals surface area contributed by atoms with E-state index >= 15 is 0 Å². The zero-order valence-electron chi connectivity index (χ0n) is 10.9. The Kier molecular flexibility index (Phi) is 6.88. The Morgan fingerprint density at radius 2 is 1.94 bits per heavy atom. The Morgan fingerprint density at radius 1 is 1.39 bits per heavy atom. The van der Waals surface area contributed by atoms with Gasteiger partial charge in [-0.25, -0.2) is 4.39 Å². The van der Waals surface area contributed by atoms with Crippen molar-refractivity contribution in [1.82, 2.24) is 4.90 Å². The minimum atomic E-state index is -0.291. The van der Waals surface area contributed by atoms with E-state index in [0.29, 0.717) is 5.56 Å². The van der Waals surface area contributed by atoms with Crippen LogP contribution in [0.1, 0.15) is 19.4 Å². The lowest BCUT2D eigenvalue weighted by Crippen LogP contribution is -2.39. The molecule has 102 valence electrons. The average molecular weight is 275 g/mol. The van der Waals surface area contributed by atoms with Crippen molar-refractivity contribution in [3.63, 3.8) is 0 Å². The molecule has 2 unspecified atom stereocenters. The molecule has 1 aromatic carbocycles. The molecule has 18 heavy (non-hydrogen) atoms. The highest BCUT2D eigenvalue weighted by molar-refractivity contribution is 5.85. The fraction of sp³-hybridized carbons (Fsp3) is 0.462. The van der Waals surface area contributed by atoms with Crippen LogP contribution in [0.3, 0.4) is 0 Å². The Bertz CT molecular complexity index is 398. The number of hydrogen-bond acceptors (Lipinski definition) is 2. The molecule has 0 radical (unpaired) electrons. The van der Waals surface area contributed by atoms with Gasteiger partial charge in [-0.3, -0.25) is 4.79 Å². The van der Waals surface area contributed by atoms with E-state index in [1.165, 1.54) is 11.0 Å². The molecule has 0 aliphatic rings. The normalized spacial score (nSPS) is 13.4. The minimum absolute atomic E-state index is 0. The van der Waals surface area contributed by atoms with Crippen molar-refractivity contribution in [2.75, 3.05) is 7.05 Å². The molecule has 1 rings (SSSR count). The molecule has 3 nitrogen and oxygen atoms in total. The van der Waals surface area contributed by atoms with Crippen LogP contribution in [-0.4, -0.2) is 23.9 Å². The predicted octanol–water partition coefficient (Wildman–Crippen LogP) is 2.19. The quantitative estimate of drug-likeness (QED) is 0.915. The van der Waals surface area contributed by atoms with Gasteiger partial charge in [-0.15, -0.1) is 12.4 Å². The number of carbonyl (C=O) groups is 1. The zero-order valence-corrected chi connectivity index (χ0v) is 11.7. The molecular weight excluding hydrogens is 255 g/mol. The lowest BCUT2D eigenvalue weighted by molar-refractivity contribution is -0.134. The van der Waals surface area contributed by atoms with Gasteiger partial charge in [-0.1, -0.05) is 25.1 Å². The summed E-state index contributed by atoms with van der Waals surface area (Å²) in [5.41, 5.74) is 6.19. The molecule has 0 heterocycles. The first kappa shape index (κ1) is 16.9. The Morgan fingerprint density at radius 3 is 2.44 bits per heavy atom. The second-order valence-corrected chi connectivity index (χ2v) is 4.43. The molecule has 1 amide bonds. The molecule has 0 saturated carbocycles. The number of rotatable bonds is 4. The van der Waals surface area contributed by atoms with Gasteiger partial charge in [0, 0.05) is 25.2 Å². The third-order valence-corrected chi connectivity index (χ3v) is 2.92. The van der Waals surface area contributed by atoms with Gasteiger partial charge in [0.05, 0.1) is 5.92 Å². The third-order valence-electron chi connectivity index (χ3n) is 2.92. The van der Waals surface area contributed by atoms with Crippen LogP contribution >= 0.6 is 12.4 Å². The zero-order chi connectivity index (χ0) is 13.0. The van der Waals surface area contributed by atoms with Crippen molar-refractivity contribution in [2.24, 2.45) is 11.7 Å². The van der Waals surface area contributed by atoms with E-state index in [1.54, 1.807) is 39.1 Å². The highest BCUT2D eigenvalue weighted by Gasteiger charge is 2.21. The van der Waals surface area contributed by atoms with Crippen LogP contribution in [0.2, 0.25) is 0 Å². The van der Waals surface area contributed by atoms with Crippen LogP contribution in [-0.2, 0) is 11.3 Å². The minimum Gasteiger partial charge on any atom is -0.341 e. The average Bonchev–Trinajstić information content (AvgIpc) is 2.30. The van der Waals surface area contributed by atoms with Crippen molar-refractivity contribution in [3.05, 3.63) is 35.6 Å². The lowest BCUT2D eigenvalue weighted by Gasteiger charge is -2.23. The summed E-state index contributed by atoms with van der Waals surface area (Å²) in [5, 5.41) is 0. The van der Waals surface area contributed by atoms with Crippen LogP contribution < -0.4 is 5.73 Å². The number of benzene rings is 1. The predicted molar refractivity (Wildman–Crippen MR) is 72.9 cm³/mol. The molecule has 0 saturated heterocycles. The summed E-state index contributed by atoms with van der Waals surface area (Å²) < 4.78 is 13.4. The van der Waals surface area contributed by atoms with Crippen molar-refractivity contribution in [1.29, 1.82) is 0 Å². The van der Waals surface area contributed by atoms with Crippen molar-refractivity contribution >= 4 is 18.3 Å². The summed E-state index contributed by atoms with van der Waals surface area (Å²) in [5.74, 6) is -0.615. The summed E-state index contributed by atoms with van der Waals surface area (Å²) in [6, 6.07) is 6.25. The second kappa shape index (κ2) is 7.34. The first-order chi connectivity index (χ1) is 7.93. The Hall–Kier alpha value is -1.13. The SMILES string of the molecule is CC(N)C(C)C(=O)N(C)Cc1ccccc1F.Cl. The maximum absolute atomic E-state index is 13.4. The van der Waals surface area contributed by atoms with E-state index in [1.807, 2.05) is 0 Å². The number of halogens is 2. The summed E-state index contributed by atoms with van der Waals surface area (Å²) in [7, 11) is 1.66. The first-order valence-corrected chi connectivity index (χ1v) is 5.67. The molecule has 0 fully saturated rings. The van der Waals surface area contributed by atoms with Gasteiger partial charge < -0.3 is 10.6 Å². The molecular formula is C13H20ClFN2O.